The summed E-state index contributed by atoms with van der Waals surface area (Å²) < 4.78 is 5.43. The Bertz CT molecular complexity index is 633. The van der Waals surface area contributed by atoms with E-state index in [-0.39, 0.29) is 5.91 Å². The van der Waals surface area contributed by atoms with Crippen LogP contribution in [-0.2, 0) is 17.8 Å². The fourth-order valence-corrected chi connectivity index (χ4v) is 2.45. The summed E-state index contributed by atoms with van der Waals surface area (Å²) in [6.45, 7) is 8.41. The topological polar surface area (TPSA) is 58.4 Å². The molecule has 0 unspecified atom stereocenters. The van der Waals surface area contributed by atoms with Gasteiger partial charge < -0.3 is 14.6 Å². The molecule has 124 valence electrons. The van der Waals surface area contributed by atoms with E-state index in [0.29, 0.717) is 19.4 Å². The van der Waals surface area contributed by atoms with E-state index in [2.05, 4.69) is 35.1 Å². The van der Waals surface area contributed by atoms with Crippen molar-refractivity contribution in [3.8, 4) is 0 Å². The van der Waals surface area contributed by atoms with Gasteiger partial charge in [0.2, 0.25) is 5.91 Å². The number of carbonyl (C=O) groups excluding carboxylic acids is 1. The lowest BCUT2D eigenvalue weighted by molar-refractivity contribution is -0.121. The zero-order valence-electron chi connectivity index (χ0n) is 14.1. The van der Waals surface area contributed by atoms with Gasteiger partial charge in [-0.05, 0) is 57.0 Å². The summed E-state index contributed by atoms with van der Waals surface area (Å²) in [5, 5.41) is 2.88. The van der Waals surface area contributed by atoms with Gasteiger partial charge in [-0.2, -0.15) is 0 Å². The Morgan fingerprint density at radius 3 is 2.70 bits per heavy atom. The highest BCUT2D eigenvalue weighted by Gasteiger charge is 2.07. The molecule has 23 heavy (non-hydrogen) atoms. The summed E-state index contributed by atoms with van der Waals surface area (Å²) in [6.07, 6.45) is 2.98. The standard InChI is InChI=1S/C18H25N3O2/c1-4-21(5-2)17-12-15(10-11-19-17)7-9-18(22)20-13-16-8-6-14(3)23-16/h6,8,10-12H,4-5,7,9,13H2,1-3H3,(H,20,22). The quantitative estimate of drug-likeness (QED) is 0.813. The second-order valence-corrected chi connectivity index (χ2v) is 5.48. The van der Waals surface area contributed by atoms with Gasteiger partial charge in [0, 0.05) is 25.7 Å². The molecule has 0 aromatic carbocycles. The summed E-state index contributed by atoms with van der Waals surface area (Å²) in [6, 6.07) is 7.81. The molecule has 1 amide bonds. The number of aromatic nitrogens is 1. The Hall–Kier alpha value is -2.30. The van der Waals surface area contributed by atoms with E-state index in [1.165, 1.54) is 0 Å². The normalized spacial score (nSPS) is 10.6. The molecule has 0 aliphatic heterocycles. The summed E-state index contributed by atoms with van der Waals surface area (Å²) in [4.78, 5) is 18.5. The molecule has 0 atom stereocenters. The van der Waals surface area contributed by atoms with Gasteiger partial charge in [-0.25, -0.2) is 4.98 Å². The van der Waals surface area contributed by atoms with Crippen LogP contribution >= 0.6 is 0 Å². The van der Waals surface area contributed by atoms with Crippen molar-refractivity contribution in [2.75, 3.05) is 18.0 Å². The van der Waals surface area contributed by atoms with Crippen LogP contribution in [0.4, 0.5) is 5.82 Å². The third-order valence-corrected chi connectivity index (χ3v) is 3.79. The monoisotopic (exact) mass is 315 g/mol. The molecule has 2 aromatic rings. The first-order chi connectivity index (χ1) is 11.1. The molecule has 0 aliphatic carbocycles. The Balaban J connectivity index is 1.83. The van der Waals surface area contributed by atoms with Gasteiger partial charge in [0.15, 0.2) is 0 Å². The molecule has 5 heteroatoms. The third-order valence-electron chi connectivity index (χ3n) is 3.79. The van der Waals surface area contributed by atoms with Crippen molar-refractivity contribution < 1.29 is 9.21 Å². The minimum atomic E-state index is 0.0280. The Morgan fingerprint density at radius 2 is 2.04 bits per heavy atom. The molecule has 1 N–H and O–H groups in total. The molecule has 0 aliphatic rings. The Morgan fingerprint density at radius 1 is 1.26 bits per heavy atom. The first kappa shape index (κ1) is 17.1. The summed E-state index contributed by atoms with van der Waals surface area (Å²) in [7, 11) is 0. The summed E-state index contributed by atoms with van der Waals surface area (Å²) in [5.74, 6) is 2.64. The van der Waals surface area contributed by atoms with Crippen LogP contribution in [0.2, 0.25) is 0 Å². The fraction of sp³-hybridized carbons (Fsp3) is 0.444. The fourth-order valence-electron chi connectivity index (χ4n) is 2.45. The van der Waals surface area contributed by atoms with E-state index in [1.54, 1.807) is 0 Å². The molecule has 2 rings (SSSR count). The number of amides is 1. The van der Waals surface area contributed by atoms with Crippen molar-refractivity contribution in [2.45, 2.75) is 40.2 Å². The zero-order chi connectivity index (χ0) is 16.7. The number of hydrogen-bond donors (Lipinski definition) is 1. The highest BCUT2D eigenvalue weighted by atomic mass is 16.3. The maximum absolute atomic E-state index is 11.9. The van der Waals surface area contributed by atoms with Crippen LogP contribution in [-0.4, -0.2) is 24.0 Å². The molecule has 5 nitrogen and oxygen atoms in total. The lowest BCUT2D eigenvalue weighted by atomic mass is 10.1. The van der Waals surface area contributed by atoms with E-state index in [0.717, 1.165) is 36.0 Å². The molecule has 0 bridgehead atoms. The maximum atomic E-state index is 11.9. The number of hydrogen-bond acceptors (Lipinski definition) is 4. The second-order valence-electron chi connectivity index (χ2n) is 5.48. The number of anilines is 1. The predicted molar refractivity (Wildman–Crippen MR) is 91.4 cm³/mol. The van der Waals surface area contributed by atoms with Gasteiger partial charge in [0.1, 0.15) is 17.3 Å². The second kappa shape index (κ2) is 8.36. The summed E-state index contributed by atoms with van der Waals surface area (Å²) >= 11 is 0. The van der Waals surface area contributed by atoms with Gasteiger partial charge >= 0.3 is 0 Å². The van der Waals surface area contributed by atoms with E-state index < -0.39 is 0 Å². The van der Waals surface area contributed by atoms with E-state index in [4.69, 9.17) is 4.42 Å². The van der Waals surface area contributed by atoms with Gasteiger partial charge in [-0.15, -0.1) is 0 Å². The average molecular weight is 315 g/mol. The van der Waals surface area contributed by atoms with Crippen LogP contribution < -0.4 is 10.2 Å². The summed E-state index contributed by atoms with van der Waals surface area (Å²) in [5.41, 5.74) is 1.13. The number of nitrogens with one attached hydrogen (secondary N) is 1. The van der Waals surface area contributed by atoms with Crippen LogP contribution in [0.25, 0.3) is 0 Å². The van der Waals surface area contributed by atoms with Crippen LogP contribution in [0.15, 0.2) is 34.9 Å². The molecule has 2 heterocycles. The zero-order valence-corrected chi connectivity index (χ0v) is 14.1. The predicted octanol–water partition coefficient (Wildman–Crippen LogP) is 3.08. The van der Waals surface area contributed by atoms with E-state index >= 15 is 0 Å². The molecular formula is C18H25N3O2. The molecule has 0 fully saturated rings. The van der Waals surface area contributed by atoms with Gasteiger partial charge in [-0.3, -0.25) is 4.79 Å². The van der Waals surface area contributed by atoms with Crippen LogP contribution in [0, 0.1) is 6.92 Å². The molecular weight excluding hydrogens is 290 g/mol. The number of furan rings is 1. The van der Waals surface area contributed by atoms with Crippen LogP contribution in [0.1, 0.15) is 37.4 Å². The van der Waals surface area contributed by atoms with E-state index in [1.807, 2.05) is 31.3 Å². The highest BCUT2D eigenvalue weighted by molar-refractivity contribution is 5.76. The average Bonchev–Trinajstić information content (AvgIpc) is 2.98. The van der Waals surface area contributed by atoms with Gasteiger partial charge in [0.05, 0.1) is 6.54 Å². The lowest BCUT2D eigenvalue weighted by Gasteiger charge is -2.20. The first-order valence-corrected chi connectivity index (χ1v) is 8.14. The van der Waals surface area contributed by atoms with Crippen LogP contribution in [0.5, 0.6) is 0 Å². The Kier molecular flexibility index (Phi) is 6.20. The number of carbonyl (C=O) groups is 1. The van der Waals surface area contributed by atoms with Crippen molar-refractivity contribution in [1.82, 2.24) is 10.3 Å². The highest BCUT2D eigenvalue weighted by Crippen LogP contribution is 2.13. The van der Waals surface area contributed by atoms with Crippen LogP contribution in [0.3, 0.4) is 0 Å². The van der Waals surface area contributed by atoms with Crippen molar-refractivity contribution >= 4 is 11.7 Å². The molecule has 0 radical (unpaired) electrons. The molecule has 0 spiro atoms. The first-order valence-electron chi connectivity index (χ1n) is 8.14. The smallest absolute Gasteiger partial charge is 0.220 e. The van der Waals surface area contributed by atoms with Crippen molar-refractivity contribution in [3.05, 3.63) is 47.5 Å². The number of nitrogens with zero attached hydrogens (tertiary/aromatic N) is 2. The van der Waals surface area contributed by atoms with Crippen molar-refractivity contribution in [1.29, 1.82) is 0 Å². The number of pyridine rings is 1. The molecule has 0 saturated heterocycles. The number of rotatable bonds is 8. The Labute approximate surface area is 137 Å². The molecule has 2 aromatic heterocycles. The minimum absolute atomic E-state index is 0.0280. The van der Waals surface area contributed by atoms with Crippen molar-refractivity contribution in [3.63, 3.8) is 0 Å². The lowest BCUT2D eigenvalue weighted by Crippen LogP contribution is -2.23. The minimum Gasteiger partial charge on any atom is -0.465 e. The molecule has 0 saturated carbocycles. The van der Waals surface area contributed by atoms with Gasteiger partial charge in [0.25, 0.3) is 0 Å². The largest absolute Gasteiger partial charge is 0.465 e. The van der Waals surface area contributed by atoms with E-state index in [9.17, 15) is 4.79 Å². The van der Waals surface area contributed by atoms with Crippen molar-refractivity contribution in [2.24, 2.45) is 0 Å². The number of aryl methyl sites for hydroxylation is 2. The SMILES string of the molecule is CCN(CC)c1cc(CCC(=O)NCc2ccc(C)o2)ccn1. The third kappa shape index (κ3) is 5.13. The maximum Gasteiger partial charge on any atom is 0.220 e. The van der Waals surface area contributed by atoms with Gasteiger partial charge in [-0.1, -0.05) is 0 Å².